The van der Waals surface area contributed by atoms with E-state index >= 15 is 0 Å². The number of nitrogens with one attached hydrogen (secondary N) is 1. The predicted octanol–water partition coefficient (Wildman–Crippen LogP) is 1.48. The first kappa shape index (κ1) is 13.5. The van der Waals surface area contributed by atoms with Crippen molar-refractivity contribution in [2.45, 2.75) is 32.2 Å². The number of hydrogen-bond acceptors (Lipinski definition) is 3. The molecule has 2 amide bonds. The first-order valence-corrected chi connectivity index (χ1v) is 6.68. The molecule has 1 aromatic rings. The summed E-state index contributed by atoms with van der Waals surface area (Å²) in [6.07, 6.45) is 11.1. The van der Waals surface area contributed by atoms with Gasteiger partial charge in [-0.3, -0.25) is 9.59 Å². The SMILES string of the molecule is O=C1C=CC(=O)N1NCCCCCCn1cccc1. The number of carbonyl (C=O) groups is 2. The molecule has 0 atom stereocenters. The fourth-order valence-electron chi connectivity index (χ4n) is 2.04. The van der Waals surface area contributed by atoms with E-state index in [1.54, 1.807) is 0 Å². The van der Waals surface area contributed by atoms with E-state index < -0.39 is 0 Å². The summed E-state index contributed by atoms with van der Waals surface area (Å²) in [4.78, 5) is 22.5. The molecule has 19 heavy (non-hydrogen) atoms. The van der Waals surface area contributed by atoms with Gasteiger partial charge >= 0.3 is 0 Å². The van der Waals surface area contributed by atoms with Crippen LogP contribution in [0.15, 0.2) is 36.7 Å². The van der Waals surface area contributed by atoms with Crippen molar-refractivity contribution in [2.24, 2.45) is 0 Å². The fraction of sp³-hybridized carbons (Fsp3) is 0.429. The number of amides is 2. The highest BCUT2D eigenvalue weighted by Crippen LogP contribution is 2.04. The van der Waals surface area contributed by atoms with Gasteiger partial charge in [-0.15, -0.1) is 0 Å². The van der Waals surface area contributed by atoms with Crippen LogP contribution in [-0.2, 0) is 16.1 Å². The molecule has 5 nitrogen and oxygen atoms in total. The van der Waals surface area contributed by atoms with Crippen LogP contribution in [0.2, 0.25) is 0 Å². The van der Waals surface area contributed by atoms with E-state index in [2.05, 4.69) is 22.4 Å². The van der Waals surface area contributed by atoms with Crippen molar-refractivity contribution in [1.82, 2.24) is 15.0 Å². The maximum atomic E-state index is 11.2. The van der Waals surface area contributed by atoms with Crippen LogP contribution in [0, 0.1) is 0 Å². The lowest BCUT2D eigenvalue weighted by molar-refractivity contribution is -0.140. The normalized spacial score (nSPS) is 14.6. The minimum absolute atomic E-state index is 0.280. The summed E-state index contributed by atoms with van der Waals surface area (Å²) in [6.45, 7) is 1.70. The standard InChI is InChI=1S/C14H19N3O2/c18-13-7-8-14(19)17(13)15-9-3-1-2-4-10-16-11-5-6-12-16/h5-8,11-12,15H,1-4,9-10H2. The second-order valence-corrected chi connectivity index (χ2v) is 4.59. The molecule has 0 aromatic carbocycles. The Balaban J connectivity index is 1.48. The van der Waals surface area contributed by atoms with Crippen LogP contribution in [0.25, 0.3) is 0 Å². The predicted molar refractivity (Wildman–Crippen MR) is 71.9 cm³/mol. The molecular weight excluding hydrogens is 242 g/mol. The molecule has 5 heteroatoms. The Morgan fingerprint density at radius 1 is 0.895 bits per heavy atom. The molecule has 0 bridgehead atoms. The number of hydrazine groups is 1. The molecule has 0 saturated heterocycles. The Hall–Kier alpha value is -1.88. The Bertz CT molecular complexity index is 433. The number of aryl methyl sites for hydroxylation is 1. The van der Waals surface area contributed by atoms with Crippen molar-refractivity contribution in [1.29, 1.82) is 0 Å². The van der Waals surface area contributed by atoms with Crippen molar-refractivity contribution < 1.29 is 9.59 Å². The van der Waals surface area contributed by atoms with Gasteiger partial charge < -0.3 is 4.57 Å². The van der Waals surface area contributed by atoms with E-state index in [4.69, 9.17) is 0 Å². The second-order valence-electron chi connectivity index (χ2n) is 4.59. The maximum absolute atomic E-state index is 11.2. The number of carbonyl (C=O) groups excluding carboxylic acids is 2. The molecule has 0 saturated carbocycles. The van der Waals surface area contributed by atoms with Crippen LogP contribution in [-0.4, -0.2) is 27.9 Å². The Kier molecular flexibility index (Phi) is 4.92. The van der Waals surface area contributed by atoms with Crippen LogP contribution in [0.1, 0.15) is 25.7 Å². The van der Waals surface area contributed by atoms with E-state index in [0.717, 1.165) is 37.2 Å². The summed E-state index contributed by atoms with van der Waals surface area (Å²) in [5.41, 5.74) is 2.85. The smallest absolute Gasteiger partial charge is 0.268 e. The minimum Gasteiger partial charge on any atom is -0.354 e. The summed E-state index contributed by atoms with van der Waals surface area (Å²) in [7, 11) is 0. The lowest BCUT2D eigenvalue weighted by Crippen LogP contribution is -2.42. The molecule has 0 aliphatic carbocycles. The van der Waals surface area contributed by atoms with E-state index in [1.165, 1.54) is 12.2 Å². The highest BCUT2D eigenvalue weighted by Gasteiger charge is 2.22. The molecule has 2 rings (SSSR count). The van der Waals surface area contributed by atoms with Crippen molar-refractivity contribution in [2.75, 3.05) is 6.54 Å². The van der Waals surface area contributed by atoms with E-state index in [0.29, 0.717) is 6.54 Å². The molecule has 0 spiro atoms. The van der Waals surface area contributed by atoms with Gasteiger partial charge in [-0.05, 0) is 25.0 Å². The highest BCUT2D eigenvalue weighted by molar-refractivity contribution is 6.12. The van der Waals surface area contributed by atoms with Crippen molar-refractivity contribution in [3.05, 3.63) is 36.7 Å². The largest absolute Gasteiger partial charge is 0.354 e. The number of aromatic nitrogens is 1. The average molecular weight is 261 g/mol. The molecule has 0 radical (unpaired) electrons. The van der Waals surface area contributed by atoms with Crippen LogP contribution in [0.3, 0.4) is 0 Å². The molecule has 1 aromatic heterocycles. The number of hydrogen-bond donors (Lipinski definition) is 1. The van der Waals surface area contributed by atoms with Crippen LogP contribution < -0.4 is 5.43 Å². The molecule has 1 aliphatic heterocycles. The van der Waals surface area contributed by atoms with E-state index in [-0.39, 0.29) is 11.8 Å². The van der Waals surface area contributed by atoms with Crippen molar-refractivity contribution in [3.63, 3.8) is 0 Å². The lowest BCUT2D eigenvalue weighted by atomic mass is 10.2. The average Bonchev–Trinajstić information content (AvgIpc) is 3.01. The lowest BCUT2D eigenvalue weighted by Gasteiger charge is -2.14. The molecule has 102 valence electrons. The van der Waals surface area contributed by atoms with Crippen LogP contribution >= 0.6 is 0 Å². The highest BCUT2D eigenvalue weighted by atomic mass is 16.2. The fourth-order valence-corrected chi connectivity index (χ4v) is 2.04. The summed E-state index contributed by atoms with van der Waals surface area (Å²) in [5, 5.41) is 1.07. The first-order valence-electron chi connectivity index (χ1n) is 6.68. The van der Waals surface area contributed by atoms with Gasteiger partial charge in [-0.2, -0.15) is 0 Å². The molecule has 0 fully saturated rings. The summed E-state index contributed by atoms with van der Waals surface area (Å²) >= 11 is 0. The molecule has 1 N–H and O–H groups in total. The number of rotatable bonds is 8. The van der Waals surface area contributed by atoms with Gasteiger partial charge in [-0.1, -0.05) is 12.8 Å². The minimum atomic E-state index is -0.280. The summed E-state index contributed by atoms with van der Waals surface area (Å²) in [6, 6.07) is 4.06. The number of unbranched alkanes of at least 4 members (excludes halogenated alkanes) is 3. The maximum Gasteiger partial charge on any atom is 0.268 e. The van der Waals surface area contributed by atoms with Gasteiger partial charge in [0.1, 0.15) is 0 Å². The Morgan fingerprint density at radius 2 is 1.53 bits per heavy atom. The van der Waals surface area contributed by atoms with Gasteiger partial charge in [0.25, 0.3) is 11.8 Å². The number of nitrogens with zero attached hydrogens (tertiary/aromatic N) is 2. The third-order valence-corrected chi connectivity index (χ3v) is 3.09. The zero-order chi connectivity index (χ0) is 13.5. The first-order chi connectivity index (χ1) is 9.27. The topological polar surface area (TPSA) is 54.3 Å². The van der Waals surface area contributed by atoms with Gasteiger partial charge in [0.15, 0.2) is 0 Å². The van der Waals surface area contributed by atoms with Gasteiger partial charge in [-0.25, -0.2) is 10.4 Å². The van der Waals surface area contributed by atoms with E-state index in [1.807, 2.05) is 12.1 Å². The monoisotopic (exact) mass is 261 g/mol. The Morgan fingerprint density at radius 3 is 2.21 bits per heavy atom. The molecule has 1 aliphatic rings. The van der Waals surface area contributed by atoms with Gasteiger partial charge in [0.05, 0.1) is 0 Å². The third kappa shape index (κ3) is 4.06. The summed E-state index contributed by atoms with van der Waals surface area (Å²) in [5.74, 6) is -0.560. The van der Waals surface area contributed by atoms with Gasteiger partial charge in [0, 0.05) is 37.6 Å². The Labute approximate surface area is 112 Å². The zero-order valence-electron chi connectivity index (χ0n) is 10.9. The van der Waals surface area contributed by atoms with Crippen molar-refractivity contribution >= 4 is 11.8 Å². The van der Waals surface area contributed by atoms with Crippen LogP contribution in [0.5, 0.6) is 0 Å². The molecule has 0 unspecified atom stereocenters. The van der Waals surface area contributed by atoms with Crippen LogP contribution in [0.4, 0.5) is 0 Å². The molecular formula is C14H19N3O2. The zero-order valence-corrected chi connectivity index (χ0v) is 10.9. The van der Waals surface area contributed by atoms with Crippen molar-refractivity contribution in [3.8, 4) is 0 Å². The number of imide groups is 1. The quantitative estimate of drug-likeness (QED) is 0.569. The summed E-state index contributed by atoms with van der Waals surface area (Å²) < 4.78 is 2.17. The third-order valence-electron chi connectivity index (χ3n) is 3.09. The van der Waals surface area contributed by atoms with E-state index in [9.17, 15) is 9.59 Å². The second kappa shape index (κ2) is 6.89. The molecule has 2 heterocycles. The van der Waals surface area contributed by atoms with Gasteiger partial charge in [0.2, 0.25) is 0 Å².